The molecule has 0 aliphatic heterocycles. The van der Waals surface area contributed by atoms with Crippen molar-refractivity contribution in [2.75, 3.05) is 16.2 Å². The molecule has 1 aromatic heterocycles. The zero-order valence-corrected chi connectivity index (χ0v) is 15.6. The summed E-state index contributed by atoms with van der Waals surface area (Å²) < 4.78 is 27.0. The van der Waals surface area contributed by atoms with Gasteiger partial charge in [-0.05, 0) is 31.2 Å². The Bertz CT molecular complexity index is 970. The maximum Gasteiger partial charge on any atom is 0.266 e. The van der Waals surface area contributed by atoms with E-state index in [1.165, 1.54) is 18.3 Å². The van der Waals surface area contributed by atoms with Gasteiger partial charge in [0.2, 0.25) is 5.91 Å². The van der Waals surface area contributed by atoms with Gasteiger partial charge in [-0.2, -0.15) is 0 Å². The summed E-state index contributed by atoms with van der Waals surface area (Å²) in [6.45, 7) is 1.58. The van der Waals surface area contributed by atoms with Gasteiger partial charge < -0.3 is 5.32 Å². The predicted octanol–water partition coefficient (Wildman–Crippen LogP) is 3.29. The molecular weight excluding hydrogens is 370 g/mol. The average Bonchev–Trinajstić information content (AvgIpc) is 3.16. The molecule has 134 valence electrons. The van der Waals surface area contributed by atoms with Crippen molar-refractivity contribution < 1.29 is 13.2 Å². The Morgan fingerprint density at radius 3 is 2.42 bits per heavy atom. The highest BCUT2D eigenvalue weighted by molar-refractivity contribution is 7.93. The van der Waals surface area contributed by atoms with Gasteiger partial charge in [0, 0.05) is 17.3 Å². The highest BCUT2D eigenvalue weighted by atomic mass is 32.2. The molecule has 0 aliphatic carbocycles. The number of hydrogen-bond donors (Lipinski definition) is 1. The monoisotopic (exact) mass is 387 g/mol. The number of benzene rings is 2. The first-order valence-corrected chi connectivity index (χ1v) is 10.1. The molecule has 0 atom stereocenters. The largest absolute Gasteiger partial charge is 0.325 e. The molecule has 8 heteroatoms. The van der Waals surface area contributed by atoms with Crippen molar-refractivity contribution in [3.63, 3.8) is 0 Å². The van der Waals surface area contributed by atoms with Gasteiger partial charge in [0.15, 0.2) is 5.13 Å². The van der Waals surface area contributed by atoms with Crippen LogP contribution in [-0.4, -0.2) is 25.9 Å². The molecule has 0 aliphatic rings. The fourth-order valence-electron chi connectivity index (χ4n) is 2.28. The number of carbonyl (C=O) groups is 1. The minimum atomic E-state index is -3.90. The maximum atomic E-state index is 13.0. The lowest BCUT2D eigenvalue weighted by atomic mass is 10.2. The number of rotatable bonds is 6. The fraction of sp³-hybridized carbons (Fsp3) is 0.111. The van der Waals surface area contributed by atoms with Crippen LogP contribution in [0.5, 0.6) is 0 Å². The van der Waals surface area contributed by atoms with Crippen LogP contribution in [0.25, 0.3) is 0 Å². The summed E-state index contributed by atoms with van der Waals surface area (Å²) in [5, 5.41) is 4.63. The van der Waals surface area contributed by atoms with E-state index in [2.05, 4.69) is 10.3 Å². The number of amides is 1. The van der Waals surface area contributed by atoms with Crippen LogP contribution in [0.2, 0.25) is 0 Å². The molecule has 1 amide bonds. The molecule has 6 nitrogen and oxygen atoms in total. The SMILES string of the molecule is Cc1ccc(NC(=O)CN(c2nccs2)S(=O)(=O)c2ccccc2)cc1. The van der Waals surface area contributed by atoms with Crippen LogP contribution in [0.1, 0.15) is 5.56 Å². The van der Waals surface area contributed by atoms with Crippen LogP contribution in [0.15, 0.2) is 71.1 Å². The van der Waals surface area contributed by atoms with Gasteiger partial charge in [-0.25, -0.2) is 17.7 Å². The summed E-state index contributed by atoms with van der Waals surface area (Å²) in [6.07, 6.45) is 1.51. The first-order valence-electron chi connectivity index (χ1n) is 7.80. The van der Waals surface area contributed by atoms with Crippen molar-refractivity contribution in [1.29, 1.82) is 0 Å². The van der Waals surface area contributed by atoms with E-state index in [4.69, 9.17) is 0 Å². The normalized spacial score (nSPS) is 11.1. The van der Waals surface area contributed by atoms with E-state index in [0.29, 0.717) is 5.69 Å². The first-order chi connectivity index (χ1) is 12.5. The van der Waals surface area contributed by atoms with Crippen molar-refractivity contribution >= 4 is 38.1 Å². The summed E-state index contributed by atoms with van der Waals surface area (Å²) in [6, 6.07) is 15.3. The standard InChI is InChI=1S/C18H17N3O3S2/c1-14-7-9-15(10-8-14)20-17(22)13-21(18-19-11-12-25-18)26(23,24)16-5-3-2-4-6-16/h2-12H,13H2,1H3,(H,20,22). The summed E-state index contributed by atoms with van der Waals surface area (Å²) in [5.41, 5.74) is 1.68. The number of aromatic nitrogens is 1. The number of aryl methyl sites for hydroxylation is 1. The van der Waals surface area contributed by atoms with Crippen LogP contribution in [-0.2, 0) is 14.8 Å². The Labute approximate surface area is 156 Å². The summed E-state index contributed by atoms with van der Waals surface area (Å²) in [4.78, 5) is 16.6. The lowest BCUT2D eigenvalue weighted by Crippen LogP contribution is -2.38. The molecule has 1 N–H and O–H groups in total. The zero-order valence-electron chi connectivity index (χ0n) is 14.0. The number of carbonyl (C=O) groups excluding carboxylic acids is 1. The topological polar surface area (TPSA) is 79.4 Å². The maximum absolute atomic E-state index is 13.0. The first kappa shape index (κ1) is 18.1. The Hall–Kier alpha value is -2.71. The fourth-order valence-corrected chi connectivity index (χ4v) is 4.55. The van der Waals surface area contributed by atoms with Gasteiger partial charge in [0.1, 0.15) is 6.54 Å². The van der Waals surface area contributed by atoms with Gasteiger partial charge in [-0.1, -0.05) is 35.9 Å². The van der Waals surface area contributed by atoms with Crippen molar-refractivity contribution in [1.82, 2.24) is 4.98 Å². The van der Waals surface area contributed by atoms with Crippen molar-refractivity contribution in [3.8, 4) is 0 Å². The second-order valence-electron chi connectivity index (χ2n) is 5.55. The number of nitrogens with zero attached hydrogens (tertiary/aromatic N) is 2. The van der Waals surface area contributed by atoms with Crippen molar-refractivity contribution in [2.24, 2.45) is 0 Å². The molecule has 0 saturated heterocycles. The van der Waals surface area contributed by atoms with Crippen molar-refractivity contribution in [2.45, 2.75) is 11.8 Å². The molecule has 0 unspecified atom stereocenters. The van der Waals surface area contributed by atoms with Gasteiger partial charge in [-0.3, -0.25) is 4.79 Å². The minimum Gasteiger partial charge on any atom is -0.325 e. The number of anilines is 2. The quantitative estimate of drug-likeness (QED) is 0.704. The van der Waals surface area contributed by atoms with Gasteiger partial charge in [-0.15, -0.1) is 11.3 Å². The van der Waals surface area contributed by atoms with Crippen LogP contribution >= 0.6 is 11.3 Å². The molecule has 0 saturated carbocycles. The van der Waals surface area contributed by atoms with E-state index < -0.39 is 15.9 Å². The van der Waals surface area contributed by atoms with Gasteiger partial charge in [0.25, 0.3) is 10.0 Å². The summed E-state index contributed by atoms with van der Waals surface area (Å²) in [5.74, 6) is -0.441. The van der Waals surface area contributed by atoms with E-state index in [0.717, 1.165) is 21.2 Å². The molecule has 0 spiro atoms. The predicted molar refractivity (Wildman–Crippen MR) is 103 cm³/mol. The number of thiazole rings is 1. The third kappa shape index (κ3) is 4.09. The highest BCUT2D eigenvalue weighted by Gasteiger charge is 2.28. The van der Waals surface area contributed by atoms with Crippen LogP contribution in [0, 0.1) is 6.92 Å². The molecule has 3 rings (SSSR count). The third-order valence-corrected chi connectivity index (χ3v) is 6.25. The minimum absolute atomic E-state index is 0.110. The van der Waals surface area contributed by atoms with Gasteiger partial charge in [0.05, 0.1) is 4.90 Å². The molecule has 26 heavy (non-hydrogen) atoms. The summed E-state index contributed by atoms with van der Waals surface area (Å²) in [7, 11) is -3.90. The Balaban J connectivity index is 1.86. The zero-order chi connectivity index (χ0) is 18.6. The Morgan fingerprint density at radius 1 is 1.12 bits per heavy atom. The second kappa shape index (κ2) is 7.67. The number of hydrogen-bond acceptors (Lipinski definition) is 5. The van der Waals surface area contributed by atoms with E-state index in [9.17, 15) is 13.2 Å². The molecule has 3 aromatic rings. The molecule has 1 heterocycles. The van der Waals surface area contributed by atoms with E-state index >= 15 is 0 Å². The second-order valence-corrected chi connectivity index (χ2v) is 8.29. The van der Waals surface area contributed by atoms with E-state index in [1.807, 2.05) is 19.1 Å². The van der Waals surface area contributed by atoms with Gasteiger partial charge >= 0.3 is 0 Å². The highest BCUT2D eigenvalue weighted by Crippen LogP contribution is 2.25. The Kier molecular flexibility index (Phi) is 5.34. The lowest BCUT2D eigenvalue weighted by molar-refractivity contribution is -0.114. The summed E-state index contributed by atoms with van der Waals surface area (Å²) >= 11 is 1.16. The average molecular weight is 387 g/mol. The number of sulfonamides is 1. The van der Waals surface area contributed by atoms with E-state index in [1.54, 1.807) is 35.7 Å². The smallest absolute Gasteiger partial charge is 0.266 e. The number of nitrogens with one attached hydrogen (secondary N) is 1. The third-order valence-electron chi connectivity index (χ3n) is 3.59. The van der Waals surface area contributed by atoms with Crippen molar-refractivity contribution in [3.05, 3.63) is 71.7 Å². The van der Waals surface area contributed by atoms with Crippen LogP contribution < -0.4 is 9.62 Å². The molecule has 0 fully saturated rings. The Morgan fingerprint density at radius 2 is 1.81 bits per heavy atom. The molecule has 0 bridgehead atoms. The molecular formula is C18H17N3O3S2. The van der Waals surface area contributed by atoms with E-state index in [-0.39, 0.29) is 16.6 Å². The molecule has 0 radical (unpaired) electrons. The van der Waals surface area contributed by atoms with Crippen LogP contribution in [0.4, 0.5) is 10.8 Å². The van der Waals surface area contributed by atoms with Crippen LogP contribution in [0.3, 0.4) is 0 Å². The molecule has 2 aromatic carbocycles. The lowest BCUT2D eigenvalue weighted by Gasteiger charge is -2.21.